The number of alkyl halides is 1. The lowest BCUT2D eigenvalue weighted by Gasteiger charge is -2.10. The molecule has 0 bridgehead atoms. The van der Waals surface area contributed by atoms with E-state index >= 15 is 0 Å². The number of halogens is 1. The number of esters is 1. The van der Waals surface area contributed by atoms with Crippen molar-refractivity contribution in [3.05, 3.63) is 0 Å². The Morgan fingerprint density at radius 2 is 1.93 bits per heavy atom. The summed E-state index contributed by atoms with van der Waals surface area (Å²) in [5, 5.41) is 1.91. The summed E-state index contributed by atoms with van der Waals surface area (Å²) >= 11 is 0. The number of ether oxygens (including phenoxy) is 2. The highest BCUT2D eigenvalue weighted by Gasteiger charge is 2.11. The van der Waals surface area contributed by atoms with Crippen LogP contribution in [-0.2, 0) is 14.3 Å². The van der Waals surface area contributed by atoms with Crippen molar-refractivity contribution >= 4 is 12.1 Å². The molecule has 0 rings (SSSR count). The lowest BCUT2D eigenvalue weighted by molar-refractivity contribution is -0.155. The molecule has 0 aromatic carbocycles. The summed E-state index contributed by atoms with van der Waals surface area (Å²) in [5.41, 5.74) is 0. The summed E-state index contributed by atoms with van der Waals surface area (Å²) in [4.78, 5) is 21.7. The van der Waals surface area contributed by atoms with E-state index in [0.29, 0.717) is 0 Å². The number of carbonyl (C=O) groups excluding carboxylic acids is 2. The standard InChI is InChI=1S/C9H16FNO4/c1-4-7(10)11-9(13)15-5-14-8(12)6(2)3/h6-7H,4-5H2,1-3H3,(H,11,13). The van der Waals surface area contributed by atoms with Crippen molar-refractivity contribution in [3.63, 3.8) is 0 Å². The van der Waals surface area contributed by atoms with Gasteiger partial charge >= 0.3 is 12.1 Å². The highest BCUT2D eigenvalue weighted by Crippen LogP contribution is 1.96. The van der Waals surface area contributed by atoms with Crippen molar-refractivity contribution in [2.45, 2.75) is 33.5 Å². The fraction of sp³-hybridized carbons (Fsp3) is 0.778. The molecule has 0 spiro atoms. The Morgan fingerprint density at radius 3 is 2.40 bits per heavy atom. The minimum atomic E-state index is -1.45. The molecule has 0 saturated heterocycles. The Hall–Kier alpha value is -1.33. The largest absolute Gasteiger partial charge is 0.428 e. The summed E-state index contributed by atoms with van der Waals surface area (Å²) in [6, 6.07) is 0. The molecule has 1 N–H and O–H groups in total. The van der Waals surface area contributed by atoms with Crippen molar-refractivity contribution in [2.24, 2.45) is 5.92 Å². The summed E-state index contributed by atoms with van der Waals surface area (Å²) in [6.07, 6.45) is -2.24. The lowest BCUT2D eigenvalue weighted by atomic mass is 10.2. The van der Waals surface area contributed by atoms with E-state index in [1.165, 1.54) is 0 Å². The normalized spacial score (nSPS) is 12.1. The molecule has 0 aliphatic heterocycles. The number of nitrogens with one attached hydrogen (secondary N) is 1. The topological polar surface area (TPSA) is 64.6 Å². The number of hydrogen-bond acceptors (Lipinski definition) is 4. The van der Waals surface area contributed by atoms with Gasteiger partial charge in [-0.3, -0.25) is 10.1 Å². The van der Waals surface area contributed by atoms with Gasteiger partial charge in [0.2, 0.25) is 6.79 Å². The van der Waals surface area contributed by atoms with E-state index in [1.54, 1.807) is 20.8 Å². The summed E-state index contributed by atoms with van der Waals surface area (Å²) < 4.78 is 21.5. The SMILES string of the molecule is CCC(F)NC(=O)OCOC(=O)C(C)C. The van der Waals surface area contributed by atoms with E-state index in [2.05, 4.69) is 9.47 Å². The molecule has 0 saturated carbocycles. The molecule has 15 heavy (non-hydrogen) atoms. The molecule has 5 nitrogen and oxygen atoms in total. The van der Waals surface area contributed by atoms with Crippen LogP contribution in [0, 0.1) is 5.92 Å². The second-order valence-corrected chi connectivity index (χ2v) is 3.19. The van der Waals surface area contributed by atoms with Crippen molar-refractivity contribution in [2.75, 3.05) is 6.79 Å². The molecule has 0 fully saturated rings. The summed E-state index contributed by atoms with van der Waals surface area (Å²) in [7, 11) is 0. The van der Waals surface area contributed by atoms with Crippen molar-refractivity contribution in [3.8, 4) is 0 Å². The van der Waals surface area contributed by atoms with Gasteiger partial charge in [-0.25, -0.2) is 9.18 Å². The first-order valence-electron chi connectivity index (χ1n) is 4.71. The summed E-state index contributed by atoms with van der Waals surface area (Å²) in [6.45, 7) is 4.37. The van der Waals surface area contributed by atoms with Crippen molar-refractivity contribution in [1.29, 1.82) is 0 Å². The number of hydrogen-bond donors (Lipinski definition) is 1. The first-order chi connectivity index (χ1) is 6.97. The third kappa shape index (κ3) is 6.70. The molecule has 0 aliphatic rings. The number of amides is 1. The van der Waals surface area contributed by atoms with Gasteiger partial charge in [-0.2, -0.15) is 0 Å². The second kappa shape index (κ2) is 7.03. The monoisotopic (exact) mass is 221 g/mol. The maximum Gasteiger partial charge on any atom is 0.412 e. The predicted octanol–water partition coefficient (Wildman–Crippen LogP) is 1.57. The van der Waals surface area contributed by atoms with Crippen LogP contribution in [0.3, 0.4) is 0 Å². The zero-order valence-electron chi connectivity index (χ0n) is 9.08. The molecule has 0 aliphatic carbocycles. The molecule has 88 valence electrons. The van der Waals surface area contributed by atoms with Crippen LogP contribution >= 0.6 is 0 Å². The maximum absolute atomic E-state index is 12.6. The Balaban J connectivity index is 3.60. The minimum absolute atomic E-state index is 0.154. The molecule has 0 radical (unpaired) electrons. The van der Waals surface area contributed by atoms with E-state index < -0.39 is 25.2 Å². The smallest absolute Gasteiger partial charge is 0.412 e. The highest BCUT2D eigenvalue weighted by molar-refractivity contribution is 5.71. The molecule has 0 heterocycles. The molecular formula is C9H16FNO4. The van der Waals surface area contributed by atoms with Crippen LogP contribution < -0.4 is 5.32 Å². The van der Waals surface area contributed by atoms with Crippen LogP contribution in [0.4, 0.5) is 9.18 Å². The van der Waals surface area contributed by atoms with Gasteiger partial charge in [0.25, 0.3) is 0 Å². The van der Waals surface area contributed by atoms with Gasteiger partial charge in [-0.05, 0) is 6.42 Å². The first kappa shape index (κ1) is 13.7. The van der Waals surface area contributed by atoms with Gasteiger partial charge in [0.05, 0.1) is 5.92 Å². The lowest BCUT2D eigenvalue weighted by Crippen LogP contribution is -2.32. The average Bonchev–Trinajstić information content (AvgIpc) is 2.17. The van der Waals surface area contributed by atoms with E-state index in [0.717, 1.165) is 0 Å². The number of rotatable bonds is 5. The molecule has 1 unspecified atom stereocenters. The predicted molar refractivity (Wildman–Crippen MR) is 50.6 cm³/mol. The van der Waals surface area contributed by atoms with Gasteiger partial charge in [-0.1, -0.05) is 20.8 Å². The van der Waals surface area contributed by atoms with Crippen LogP contribution in [0.5, 0.6) is 0 Å². The third-order valence-corrected chi connectivity index (χ3v) is 1.50. The van der Waals surface area contributed by atoms with Crippen LogP contribution in [-0.4, -0.2) is 25.2 Å². The Bertz CT molecular complexity index is 220. The third-order valence-electron chi connectivity index (χ3n) is 1.50. The zero-order chi connectivity index (χ0) is 11.8. The van der Waals surface area contributed by atoms with Gasteiger partial charge < -0.3 is 9.47 Å². The van der Waals surface area contributed by atoms with Gasteiger partial charge in [0.1, 0.15) is 0 Å². The molecule has 0 aromatic rings. The van der Waals surface area contributed by atoms with Crippen LogP contribution in [0.15, 0.2) is 0 Å². The quantitative estimate of drug-likeness (QED) is 0.435. The van der Waals surface area contributed by atoms with E-state index in [-0.39, 0.29) is 12.3 Å². The Morgan fingerprint density at radius 1 is 1.33 bits per heavy atom. The summed E-state index contributed by atoms with van der Waals surface area (Å²) in [5.74, 6) is -0.767. The first-order valence-corrected chi connectivity index (χ1v) is 4.71. The van der Waals surface area contributed by atoms with E-state index in [4.69, 9.17) is 0 Å². The van der Waals surface area contributed by atoms with Gasteiger partial charge in [0, 0.05) is 0 Å². The minimum Gasteiger partial charge on any atom is -0.428 e. The molecule has 1 atom stereocenters. The molecule has 1 amide bonds. The molecule has 6 heteroatoms. The van der Waals surface area contributed by atoms with Crippen LogP contribution in [0.1, 0.15) is 27.2 Å². The fourth-order valence-corrected chi connectivity index (χ4v) is 0.579. The Kier molecular flexibility index (Phi) is 6.40. The van der Waals surface area contributed by atoms with Gasteiger partial charge in [-0.15, -0.1) is 0 Å². The molecule has 0 aromatic heterocycles. The number of alkyl carbamates (subject to hydrolysis) is 1. The maximum atomic E-state index is 12.6. The highest BCUT2D eigenvalue weighted by atomic mass is 19.1. The Labute approximate surface area is 87.9 Å². The van der Waals surface area contributed by atoms with Gasteiger partial charge in [0.15, 0.2) is 6.30 Å². The molecular weight excluding hydrogens is 205 g/mol. The van der Waals surface area contributed by atoms with Crippen molar-refractivity contribution in [1.82, 2.24) is 5.32 Å². The van der Waals surface area contributed by atoms with Crippen LogP contribution in [0.25, 0.3) is 0 Å². The van der Waals surface area contributed by atoms with Crippen LogP contribution in [0.2, 0.25) is 0 Å². The average molecular weight is 221 g/mol. The fourth-order valence-electron chi connectivity index (χ4n) is 0.579. The van der Waals surface area contributed by atoms with E-state index in [1.807, 2.05) is 5.32 Å². The zero-order valence-corrected chi connectivity index (χ0v) is 9.08. The van der Waals surface area contributed by atoms with Crippen molar-refractivity contribution < 1.29 is 23.5 Å². The van der Waals surface area contributed by atoms with E-state index in [9.17, 15) is 14.0 Å². The number of carbonyl (C=O) groups is 2. The second-order valence-electron chi connectivity index (χ2n) is 3.19.